The van der Waals surface area contributed by atoms with E-state index in [2.05, 4.69) is 9.71 Å². The smallest absolute Gasteiger partial charge is 0.417 e. The molecular weight excluding hydrogens is 509 g/mol. The Morgan fingerprint density at radius 2 is 1.81 bits per heavy atom. The summed E-state index contributed by atoms with van der Waals surface area (Å²) in [4.78, 5) is 28.9. The fraction of sp³-hybridized carbons (Fsp3) is 0.500. The third-order valence-electron chi connectivity index (χ3n) is 6.37. The van der Waals surface area contributed by atoms with Crippen molar-refractivity contribution < 1.29 is 35.9 Å². The number of ketones is 1. The summed E-state index contributed by atoms with van der Waals surface area (Å²) in [6.45, 7) is 3.99. The second-order valence-electron chi connectivity index (χ2n) is 9.38. The van der Waals surface area contributed by atoms with Gasteiger partial charge in [-0.2, -0.15) is 21.6 Å². The minimum atomic E-state index is -4.62. The first-order valence-electron chi connectivity index (χ1n) is 12.3. The molecule has 1 N–H and O–H groups in total. The molecule has 2 heterocycles. The molecule has 0 aliphatic carbocycles. The number of benzene rings is 1. The first-order chi connectivity index (χ1) is 17.4. The molecule has 1 aliphatic rings. The summed E-state index contributed by atoms with van der Waals surface area (Å²) in [6.07, 6.45) is 0.377. The standard InChI is InChI=1S/C26H31F3N2O5S/c1-3-13-25(14-4-2)16-22(32)21(24(33)36-25)10-6-8-18-7-5-9-20(15-18)31-37(34,35)23-12-11-19(17-30-23)26(27,28)29/h5,7,9,11-12,15,17,21,31H,3-4,6,8,10,13-14,16H2,1-2H3. The second-order valence-corrected chi connectivity index (χ2v) is 11.0. The molecule has 1 aliphatic heterocycles. The fourth-order valence-corrected chi connectivity index (χ4v) is 5.68. The van der Waals surface area contributed by atoms with Crippen molar-refractivity contribution in [3.05, 3.63) is 53.7 Å². The highest BCUT2D eigenvalue weighted by molar-refractivity contribution is 7.92. The van der Waals surface area contributed by atoms with Gasteiger partial charge >= 0.3 is 12.1 Å². The van der Waals surface area contributed by atoms with E-state index in [-0.39, 0.29) is 17.9 Å². The summed E-state index contributed by atoms with van der Waals surface area (Å²) < 4.78 is 71.4. The molecule has 0 amide bonds. The van der Waals surface area contributed by atoms with Gasteiger partial charge < -0.3 is 4.74 Å². The summed E-state index contributed by atoms with van der Waals surface area (Å²) in [7, 11) is -4.20. The summed E-state index contributed by atoms with van der Waals surface area (Å²) in [5.41, 5.74) is -0.753. The van der Waals surface area contributed by atoms with Crippen LogP contribution in [-0.4, -0.2) is 30.8 Å². The average Bonchev–Trinajstić information content (AvgIpc) is 2.81. The highest BCUT2D eigenvalue weighted by Crippen LogP contribution is 2.36. The third kappa shape index (κ3) is 7.30. The molecule has 0 bridgehead atoms. The second kappa shape index (κ2) is 11.6. The zero-order valence-electron chi connectivity index (χ0n) is 20.8. The maximum absolute atomic E-state index is 12.8. The number of alkyl halides is 3. The number of rotatable bonds is 11. The van der Waals surface area contributed by atoms with Gasteiger partial charge in [-0.1, -0.05) is 38.8 Å². The number of Topliss-reactive ketones (excluding diaryl/α,β-unsaturated/α-hetero) is 1. The Labute approximate surface area is 214 Å². The molecule has 1 saturated heterocycles. The van der Waals surface area contributed by atoms with Gasteiger partial charge in [0, 0.05) is 18.3 Å². The molecule has 1 unspecified atom stereocenters. The van der Waals surface area contributed by atoms with E-state index in [4.69, 9.17) is 4.74 Å². The van der Waals surface area contributed by atoms with Crippen LogP contribution < -0.4 is 4.72 Å². The number of aromatic nitrogens is 1. The van der Waals surface area contributed by atoms with Crippen LogP contribution in [0.1, 0.15) is 69.9 Å². The first kappa shape index (κ1) is 28.6. The number of carbonyl (C=O) groups excluding carboxylic acids is 2. The van der Waals surface area contributed by atoms with E-state index in [1.807, 2.05) is 13.8 Å². The number of ether oxygens (including phenoxy) is 1. The third-order valence-corrected chi connectivity index (χ3v) is 7.67. The van der Waals surface area contributed by atoms with Gasteiger partial charge in [0.1, 0.15) is 11.5 Å². The van der Waals surface area contributed by atoms with Gasteiger partial charge in [-0.15, -0.1) is 0 Å². The molecule has 1 atom stereocenters. The SMILES string of the molecule is CCCC1(CCC)CC(=O)C(CCCc2cccc(NS(=O)(=O)c3ccc(C(F)(F)F)cn3)c2)C(=O)O1. The number of pyridine rings is 1. The van der Waals surface area contributed by atoms with E-state index in [9.17, 15) is 31.2 Å². The average molecular weight is 541 g/mol. The van der Waals surface area contributed by atoms with Crippen molar-refractivity contribution in [3.8, 4) is 0 Å². The number of nitrogens with one attached hydrogen (secondary N) is 1. The van der Waals surface area contributed by atoms with Gasteiger partial charge in [-0.3, -0.25) is 14.3 Å². The number of halogens is 3. The molecule has 1 fully saturated rings. The fourth-order valence-electron chi connectivity index (χ4n) is 4.70. The molecule has 1 aromatic heterocycles. The number of sulfonamides is 1. The summed E-state index contributed by atoms with van der Waals surface area (Å²) in [5.74, 6) is -1.36. The van der Waals surface area contributed by atoms with Crippen molar-refractivity contribution in [2.45, 2.75) is 82.0 Å². The Hall–Kier alpha value is -2.95. The molecule has 0 saturated carbocycles. The lowest BCUT2D eigenvalue weighted by Gasteiger charge is -2.38. The summed E-state index contributed by atoms with van der Waals surface area (Å²) in [5, 5.41) is -0.539. The van der Waals surface area contributed by atoms with Crippen LogP contribution in [0.3, 0.4) is 0 Å². The zero-order chi connectivity index (χ0) is 27.3. The summed E-state index contributed by atoms with van der Waals surface area (Å²) >= 11 is 0. The van der Waals surface area contributed by atoms with Gasteiger partial charge in [0.05, 0.1) is 5.56 Å². The minimum absolute atomic E-state index is 0.0938. The molecule has 0 spiro atoms. The molecular formula is C26H31F3N2O5S. The Bertz CT molecular complexity index is 1190. The molecule has 202 valence electrons. The predicted octanol–water partition coefficient (Wildman–Crippen LogP) is 5.70. The highest BCUT2D eigenvalue weighted by Gasteiger charge is 2.45. The van der Waals surface area contributed by atoms with E-state index in [0.717, 1.165) is 24.5 Å². The minimum Gasteiger partial charge on any atom is -0.458 e. The van der Waals surface area contributed by atoms with Crippen molar-refractivity contribution in [1.82, 2.24) is 4.98 Å². The summed E-state index contributed by atoms with van der Waals surface area (Å²) in [6, 6.07) is 7.97. The van der Waals surface area contributed by atoms with E-state index in [1.54, 1.807) is 18.2 Å². The topological polar surface area (TPSA) is 102 Å². The molecule has 7 nitrogen and oxygen atoms in total. The van der Waals surface area contributed by atoms with Crippen molar-refractivity contribution in [3.63, 3.8) is 0 Å². The molecule has 11 heteroatoms. The van der Waals surface area contributed by atoms with Gasteiger partial charge in [0.2, 0.25) is 0 Å². The molecule has 3 rings (SSSR count). The first-order valence-corrected chi connectivity index (χ1v) is 13.8. The lowest BCUT2D eigenvalue weighted by molar-refractivity contribution is -0.179. The van der Waals surface area contributed by atoms with Crippen molar-refractivity contribution in [2.75, 3.05) is 4.72 Å². The van der Waals surface area contributed by atoms with Crippen LogP contribution in [0.5, 0.6) is 0 Å². The molecule has 0 radical (unpaired) electrons. The van der Waals surface area contributed by atoms with Crippen LogP contribution >= 0.6 is 0 Å². The van der Waals surface area contributed by atoms with Crippen LogP contribution in [-0.2, 0) is 36.9 Å². The number of nitrogens with zero attached hydrogens (tertiary/aromatic N) is 1. The van der Waals surface area contributed by atoms with Crippen LogP contribution in [0.2, 0.25) is 0 Å². The van der Waals surface area contributed by atoms with Crippen molar-refractivity contribution in [1.29, 1.82) is 0 Å². The monoisotopic (exact) mass is 540 g/mol. The molecule has 2 aromatic rings. The molecule has 37 heavy (non-hydrogen) atoms. The highest BCUT2D eigenvalue weighted by atomic mass is 32.2. The van der Waals surface area contributed by atoms with Crippen LogP contribution in [0.15, 0.2) is 47.6 Å². The lowest BCUT2D eigenvalue weighted by atomic mass is 9.80. The Balaban J connectivity index is 1.60. The van der Waals surface area contributed by atoms with Gasteiger partial charge in [0.15, 0.2) is 10.8 Å². The molecule has 1 aromatic carbocycles. The van der Waals surface area contributed by atoms with Gasteiger partial charge in [-0.25, -0.2) is 4.98 Å². The number of esters is 1. The number of cyclic esters (lactones) is 1. The normalized spacial score (nSPS) is 17.9. The van der Waals surface area contributed by atoms with Crippen LogP contribution in [0.4, 0.5) is 18.9 Å². The van der Waals surface area contributed by atoms with Crippen molar-refractivity contribution in [2.24, 2.45) is 5.92 Å². The van der Waals surface area contributed by atoms with Gasteiger partial charge in [0.25, 0.3) is 10.0 Å². The van der Waals surface area contributed by atoms with E-state index >= 15 is 0 Å². The maximum Gasteiger partial charge on any atom is 0.417 e. The largest absolute Gasteiger partial charge is 0.458 e. The Morgan fingerprint density at radius 1 is 1.11 bits per heavy atom. The van der Waals surface area contributed by atoms with E-state index in [1.165, 1.54) is 6.07 Å². The van der Waals surface area contributed by atoms with Crippen molar-refractivity contribution >= 4 is 27.5 Å². The maximum atomic E-state index is 12.8. The number of anilines is 1. The number of hydrogen-bond acceptors (Lipinski definition) is 6. The van der Waals surface area contributed by atoms with Crippen LogP contribution in [0, 0.1) is 5.92 Å². The van der Waals surface area contributed by atoms with Gasteiger partial charge in [-0.05, 0) is 61.9 Å². The zero-order valence-corrected chi connectivity index (χ0v) is 21.6. The number of hydrogen-bond donors (Lipinski definition) is 1. The van der Waals surface area contributed by atoms with E-state index < -0.39 is 44.3 Å². The quantitative estimate of drug-likeness (QED) is 0.290. The number of carbonyl (C=O) groups is 2. The van der Waals surface area contributed by atoms with E-state index in [0.29, 0.717) is 44.4 Å². The predicted molar refractivity (Wildman–Crippen MR) is 131 cm³/mol. The Kier molecular flexibility index (Phi) is 8.99. The lowest BCUT2D eigenvalue weighted by Crippen LogP contribution is -2.47. The number of aryl methyl sites for hydroxylation is 1. The Morgan fingerprint density at radius 3 is 2.38 bits per heavy atom. The van der Waals surface area contributed by atoms with Crippen LogP contribution in [0.25, 0.3) is 0 Å².